The fourth-order valence-corrected chi connectivity index (χ4v) is 2.56. The molecule has 0 saturated carbocycles. The molecule has 1 N–H and O–H groups in total. The first-order valence-electron chi connectivity index (χ1n) is 6.92. The van der Waals surface area contributed by atoms with Crippen LogP contribution in [-0.4, -0.2) is 25.8 Å². The van der Waals surface area contributed by atoms with Crippen LogP contribution in [0.15, 0.2) is 18.2 Å². The SMILES string of the molecule is CNC(CCC1CCCO1)Cc1ccc(F)cc1F. The number of ether oxygens (including phenoxy) is 1. The van der Waals surface area contributed by atoms with Gasteiger partial charge in [-0.1, -0.05) is 6.07 Å². The number of halogens is 2. The van der Waals surface area contributed by atoms with Gasteiger partial charge in [-0.2, -0.15) is 0 Å². The Balaban J connectivity index is 1.86. The van der Waals surface area contributed by atoms with Crippen LogP contribution in [0.2, 0.25) is 0 Å². The highest BCUT2D eigenvalue weighted by molar-refractivity contribution is 5.19. The van der Waals surface area contributed by atoms with E-state index in [1.54, 1.807) is 0 Å². The molecular formula is C15H21F2NO. The van der Waals surface area contributed by atoms with Crippen LogP contribution in [-0.2, 0) is 11.2 Å². The number of benzene rings is 1. The molecule has 1 aliphatic heterocycles. The standard InChI is InChI=1S/C15H21F2NO/c1-18-13(6-7-14-3-2-8-19-14)9-11-4-5-12(16)10-15(11)17/h4-5,10,13-14,18H,2-3,6-9H2,1H3. The average molecular weight is 269 g/mol. The molecule has 0 aliphatic carbocycles. The zero-order valence-electron chi connectivity index (χ0n) is 11.3. The van der Waals surface area contributed by atoms with Gasteiger partial charge in [0.2, 0.25) is 0 Å². The van der Waals surface area contributed by atoms with Crippen LogP contribution >= 0.6 is 0 Å². The Morgan fingerprint density at radius 2 is 2.26 bits per heavy atom. The summed E-state index contributed by atoms with van der Waals surface area (Å²) in [6.07, 6.45) is 5.14. The molecule has 0 bridgehead atoms. The molecule has 1 heterocycles. The second kappa shape index (κ2) is 6.96. The summed E-state index contributed by atoms with van der Waals surface area (Å²) in [7, 11) is 1.88. The summed E-state index contributed by atoms with van der Waals surface area (Å²) < 4.78 is 32.0. The molecule has 4 heteroatoms. The summed E-state index contributed by atoms with van der Waals surface area (Å²) >= 11 is 0. The van der Waals surface area contributed by atoms with E-state index < -0.39 is 11.6 Å². The fraction of sp³-hybridized carbons (Fsp3) is 0.600. The van der Waals surface area contributed by atoms with Gasteiger partial charge in [0.1, 0.15) is 11.6 Å². The molecule has 1 fully saturated rings. The van der Waals surface area contributed by atoms with Gasteiger partial charge in [0.25, 0.3) is 0 Å². The van der Waals surface area contributed by atoms with Crippen molar-refractivity contribution in [2.24, 2.45) is 0 Å². The van der Waals surface area contributed by atoms with E-state index in [4.69, 9.17) is 4.74 Å². The molecule has 1 aromatic carbocycles. The molecule has 0 radical (unpaired) electrons. The van der Waals surface area contributed by atoms with Crippen molar-refractivity contribution in [2.45, 2.75) is 44.2 Å². The van der Waals surface area contributed by atoms with Gasteiger partial charge in [-0.3, -0.25) is 0 Å². The quantitative estimate of drug-likeness (QED) is 0.857. The predicted molar refractivity (Wildman–Crippen MR) is 71.1 cm³/mol. The second-order valence-electron chi connectivity index (χ2n) is 5.14. The van der Waals surface area contributed by atoms with Crippen molar-refractivity contribution in [3.05, 3.63) is 35.4 Å². The van der Waals surface area contributed by atoms with Crippen LogP contribution in [0.5, 0.6) is 0 Å². The molecule has 1 saturated heterocycles. The van der Waals surface area contributed by atoms with Crippen LogP contribution in [0.1, 0.15) is 31.2 Å². The molecule has 2 nitrogen and oxygen atoms in total. The number of hydrogen-bond acceptors (Lipinski definition) is 2. The summed E-state index contributed by atoms with van der Waals surface area (Å²) in [5.74, 6) is -0.987. The van der Waals surface area contributed by atoms with Crippen molar-refractivity contribution in [3.8, 4) is 0 Å². The molecule has 2 atom stereocenters. The highest BCUT2D eigenvalue weighted by Crippen LogP contribution is 2.19. The van der Waals surface area contributed by atoms with E-state index in [0.717, 1.165) is 38.4 Å². The maximum absolute atomic E-state index is 13.6. The van der Waals surface area contributed by atoms with Crippen molar-refractivity contribution in [1.82, 2.24) is 5.32 Å². The van der Waals surface area contributed by atoms with E-state index in [1.807, 2.05) is 7.05 Å². The van der Waals surface area contributed by atoms with Crippen molar-refractivity contribution in [3.63, 3.8) is 0 Å². The highest BCUT2D eigenvalue weighted by atomic mass is 19.1. The molecule has 1 aliphatic rings. The van der Waals surface area contributed by atoms with Gasteiger partial charge in [0, 0.05) is 18.7 Å². The first kappa shape index (κ1) is 14.4. The van der Waals surface area contributed by atoms with Crippen LogP contribution in [0.4, 0.5) is 8.78 Å². The number of nitrogens with one attached hydrogen (secondary N) is 1. The Morgan fingerprint density at radius 3 is 2.89 bits per heavy atom. The second-order valence-corrected chi connectivity index (χ2v) is 5.14. The van der Waals surface area contributed by atoms with Crippen molar-refractivity contribution >= 4 is 0 Å². The molecule has 0 amide bonds. The number of hydrogen-bond donors (Lipinski definition) is 1. The lowest BCUT2D eigenvalue weighted by molar-refractivity contribution is 0.0998. The topological polar surface area (TPSA) is 21.3 Å². The van der Waals surface area contributed by atoms with Gasteiger partial charge in [-0.25, -0.2) is 8.78 Å². The molecule has 19 heavy (non-hydrogen) atoms. The van der Waals surface area contributed by atoms with E-state index in [9.17, 15) is 8.78 Å². The van der Waals surface area contributed by atoms with Crippen molar-refractivity contribution in [1.29, 1.82) is 0 Å². The summed E-state index contributed by atoms with van der Waals surface area (Å²) in [6.45, 7) is 0.863. The molecule has 106 valence electrons. The van der Waals surface area contributed by atoms with Gasteiger partial charge in [0.05, 0.1) is 6.10 Å². The maximum atomic E-state index is 13.6. The normalized spacial score (nSPS) is 20.7. The van der Waals surface area contributed by atoms with E-state index in [0.29, 0.717) is 18.1 Å². The highest BCUT2D eigenvalue weighted by Gasteiger charge is 2.18. The average Bonchev–Trinajstić information content (AvgIpc) is 2.90. The van der Waals surface area contributed by atoms with Gasteiger partial charge in [0.15, 0.2) is 0 Å². The Morgan fingerprint density at radius 1 is 1.42 bits per heavy atom. The molecule has 1 aromatic rings. The zero-order valence-corrected chi connectivity index (χ0v) is 11.3. The first-order chi connectivity index (χ1) is 9.19. The summed E-state index contributed by atoms with van der Waals surface area (Å²) in [5, 5.41) is 3.20. The minimum atomic E-state index is -0.526. The minimum absolute atomic E-state index is 0.198. The Bertz CT molecular complexity index is 405. The third-order valence-corrected chi connectivity index (χ3v) is 3.75. The lowest BCUT2D eigenvalue weighted by Gasteiger charge is -2.18. The number of likely N-dealkylation sites (N-methyl/N-ethyl adjacent to an activating group) is 1. The summed E-state index contributed by atoms with van der Waals surface area (Å²) in [6, 6.07) is 3.98. The Labute approximate surface area is 113 Å². The van der Waals surface area contributed by atoms with Crippen molar-refractivity contribution in [2.75, 3.05) is 13.7 Å². The smallest absolute Gasteiger partial charge is 0.129 e. The zero-order chi connectivity index (χ0) is 13.7. The maximum Gasteiger partial charge on any atom is 0.129 e. The van der Waals surface area contributed by atoms with Crippen molar-refractivity contribution < 1.29 is 13.5 Å². The van der Waals surface area contributed by atoms with Gasteiger partial charge < -0.3 is 10.1 Å². The Kier molecular flexibility index (Phi) is 5.28. The van der Waals surface area contributed by atoms with Gasteiger partial charge >= 0.3 is 0 Å². The minimum Gasteiger partial charge on any atom is -0.378 e. The lowest BCUT2D eigenvalue weighted by Crippen LogP contribution is -2.29. The van der Waals surface area contributed by atoms with Crippen LogP contribution in [0.3, 0.4) is 0 Å². The van der Waals surface area contributed by atoms with E-state index in [2.05, 4.69) is 5.32 Å². The van der Waals surface area contributed by atoms with E-state index in [1.165, 1.54) is 12.1 Å². The molecule has 0 spiro atoms. The van der Waals surface area contributed by atoms with E-state index in [-0.39, 0.29) is 6.04 Å². The monoisotopic (exact) mass is 269 g/mol. The summed E-state index contributed by atoms with van der Waals surface area (Å²) in [4.78, 5) is 0. The first-order valence-corrected chi connectivity index (χ1v) is 6.92. The third-order valence-electron chi connectivity index (χ3n) is 3.75. The van der Waals surface area contributed by atoms with E-state index >= 15 is 0 Å². The molecular weight excluding hydrogens is 248 g/mol. The summed E-state index contributed by atoms with van der Waals surface area (Å²) in [5.41, 5.74) is 0.563. The predicted octanol–water partition coefficient (Wildman–Crippen LogP) is 3.05. The fourth-order valence-electron chi connectivity index (χ4n) is 2.56. The van der Waals surface area contributed by atoms with Gasteiger partial charge in [-0.15, -0.1) is 0 Å². The number of rotatable bonds is 6. The molecule has 0 aromatic heterocycles. The lowest BCUT2D eigenvalue weighted by atomic mass is 9.99. The van der Waals surface area contributed by atoms with Gasteiger partial charge in [-0.05, 0) is 50.8 Å². The van der Waals surface area contributed by atoms with Crippen LogP contribution in [0.25, 0.3) is 0 Å². The molecule has 2 rings (SSSR count). The molecule has 2 unspecified atom stereocenters. The third kappa shape index (κ3) is 4.25. The Hall–Kier alpha value is -1.00. The van der Waals surface area contributed by atoms with Crippen LogP contribution in [0, 0.1) is 11.6 Å². The largest absolute Gasteiger partial charge is 0.378 e. The van der Waals surface area contributed by atoms with Crippen LogP contribution < -0.4 is 5.32 Å².